The summed E-state index contributed by atoms with van der Waals surface area (Å²) in [5.74, 6) is 0. The Hall–Kier alpha value is -0.820. The van der Waals surface area contributed by atoms with Gasteiger partial charge >= 0.3 is 0 Å². The van der Waals surface area contributed by atoms with Gasteiger partial charge in [0.1, 0.15) is 0 Å². The number of hydrogen-bond donors (Lipinski definition) is 0. The highest BCUT2D eigenvalue weighted by Crippen LogP contribution is 2.05. The van der Waals surface area contributed by atoms with Gasteiger partial charge in [-0.1, -0.05) is 24.3 Å². The molecule has 0 aliphatic carbocycles. The summed E-state index contributed by atoms with van der Waals surface area (Å²) < 4.78 is 4.99. The maximum absolute atomic E-state index is 4.99. The van der Waals surface area contributed by atoms with Gasteiger partial charge in [0.25, 0.3) is 0 Å². The molecule has 1 radical (unpaired) electrons. The van der Waals surface area contributed by atoms with Gasteiger partial charge in [0.05, 0.1) is 6.61 Å². The fourth-order valence-electron chi connectivity index (χ4n) is 0.969. The predicted octanol–water partition coefficient (Wildman–Crippen LogP) is 2.21. The third kappa shape index (κ3) is 2.35. The normalized spacial score (nSPS) is 10.0. The predicted molar refractivity (Wildman–Crippen MR) is 46.2 cm³/mol. The van der Waals surface area contributed by atoms with E-state index in [1.807, 2.05) is 0 Å². The molecule has 0 N–H and O–H groups in total. The Bertz CT molecular complexity index is 201. The van der Waals surface area contributed by atoms with Crippen molar-refractivity contribution in [3.8, 4) is 0 Å². The van der Waals surface area contributed by atoms with Crippen LogP contribution in [-0.2, 0) is 17.8 Å². The van der Waals surface area contributed by atoms with Crippen LogP contribution in [0.4, 0.5) is 0 Å². The zero-order chi connectivity index (χ0) is 8.10. The van der Waals surface area contributed by atoms with E-state index in [1.54, 1.807) is 7.11 Å². The van der Waals surface area contributed by atoms with Crippen molar-refractivity contribution in [3.05, 3.63) is 42.3 Å². The summed E-state index contributed by atoms with van der Waals surface area (Å²) in [5.41, 5.74) is 2.48. The summed E-state index contributed by atoms with van der Waals surface area (Å²) in [4.78, 5) is 0. The first-order valence-electron chi connectivity index (χ1n) is 3.73. The first kappa shape index (κ1) is 8.28. The van der Waals surface area contributed by atoms with Gasteiger partial charge in [-0.15, -0.1) is 0 Å². The Morgan fingerprint density at radius 1 is 1.18 bits per heavy atom. The van der Waals surface area contributed by atoms with E-state index in [9.17, 15) is 0 Å². The van der Waals surface area contributed by atoms with Crippen LogP contribution in [0.15, 0.2) is 24.3 Å². The Balaban J connectivity index is 2.66. The molecule has 1 aromatic rings. The molecular formula is C10H13O. The minimum absolute atomic E-state index is 0.692. The molecule has 0 spiro atoms. The molecule has 0 heterocycles. The highest BCUT2D eigenvalue weighted by molar-refractivity contribution is 5.22. The molecule has 0 saturated carbocycles. The zero-order valence-corrected chi connectivity index (χ0v) is 6.84. The van der Waals surface area contributed by atoms with Crippen molar-refractivity contribution in [3.63, 3.8) is 0 Å². The molecule has 0 unspecified atom stereocenters. The fraction of sp³-hybridized carbons (Fsp3) is 0.300. The standard InChI is InChI=1S/C10H13O/c1-3-9-4-6-10(7-5-9)8-11-2/h4-7H,1,3,8H2,2H3. The fourth-order valence-corrected chi connectivity index (χ4v) is 0.969. The SMILES string of the molecule is [CH2]Cc1ccc(COC)cc1. The Labute approximate surface area is 68.0 Å². The average molecular weight is 149 g/mol. The number of ether oxygens (including phenoxy) is 1. The lowest BCUT2D eigenvalue weighted by Gasteiger charge is -2.00. The summed E-state index contributed by atoms with van der Waals surface area (Å²) in [6.07, 6.45) is 0.854. The van der Waals surface area contributed by atoms with Crippen molar-refractivity contribution in [2.45, 2.75) is 13.0 Å². The van der Waals surface area contributed by atoms with Crippen molar-refractivity contribution >= 4 is 0 Å². The van der Waals surface area contributed by atoms with Crippen LogP contribution in [0.3, 0.4) is 0 Å². The Morgan fingerprint density at radius 2 is 1.73 bits per heavy atom. The molecule has 0 aliphatic rings. The van der Waals surface area contributed by atoms with E-state index in [-0.39, 0.29) is 0 Å². The van der Waals surface area contributed by atoms with Gasteiger partial charge in [0.15, 0.2) is 0 Å². The van der Waals surface area contributed by atoms with Crippen LogP contribution in [0.5, 0.6) is 0 Å². The minimum atomic E-state index is 0.692. The molecule has 1 aromatic carbocycles. The maximum atomic E-state index is 4.99. The van der Waals surface area contributed by atoms with E-state index < -0.39 is 0 Å². The molecule has 0 aromatic heterocycles. The van der Waals surface area contributed by atoms with E-state index in [0.717, 1.165) is 6.42 Å². The average Bonchev–Trinajstić information content (AvgIpc) is 2.07. The van der Waals surface area contributed by atoms with Crippen molar-refractivity contribution < 1.29 is 4.74 Å². The molecule has 0 saturated heterocycles. The summed E-state index contributed by atoms with van der Waals surface area (Å²) in [6, 6.07) is 8.32. The van der Waals surface area contributed by atoms with Crippen LogP contribution in [0, 0.1) is 6.92 Å². The second kappa shape index (κ2) is 4.14. The maximum Gasteiger partial charge on any atom is 0.0713 e. The molecule has 59 valence electrons. The first-order valence-corrected chi connectivity index (χ1v) is 3.73. The van der Waals surface area contributed by atoms with Gasteiger partial charge in [-0.3, -0.25) is 0 Å². The molecule has 0 atom stereocenters. The number of hydrogen-bond acceptors (Lipinski definition) is 1. The summed E-state index contributed by atoms with van der Waals surface area (Å²) in [6.45, 7) is 4.49. The second-order valence-electron chi connectivity index (χ2n) is 2.50. The number of methoxy groups -OCH3 is 1. The van der Waals surface area contributed by atoms with Gasteiger partial charge in [0.2, 0.25) is 0 Å². The van der Waals surface area contributed by atoms with Crippen molar-refractivity contribution in [2.75, 3.05) is 7.11 Å². The van der Waals surface area contributed by atoms with Crippen molar-refractivity contribution in [1.29, 1.82) is 0 Å². The van der Waals surface area contributed by atoms with E-state index in [4.69, 9.17) is 4.74 Å². The molecule has 0 aliphatic heterocycles. The minimum Gasteiger partial charge on any atom is -0.380 e. The molecular weight excluding hydrogens is 136 g/mol. The molecule has 1 heteroatoms. The monoisotopic (exact) mass is 149 g/mol. The van der Waals surface area contributed by atoms with E-state index >= 15 is 0 Å². The third-order valence-electron chi connectivity index (χ3n) is 1.62. The highest BCUT2D eigenvalue weighted by atomic mass is 16.5. The van der Waals surface area contributed by atoms with Crippen molar-refractivity contribution in [2.24, 2.45) is 0 Å². The van der Waals surface area contributed by atoms with Crippen LogP contribution in [0.25, 0.3) is 0 Å². The van der Waals surface area contributed by atoms with Crippen LogP contribution in [-0.4, -0.2) is 7.11 Å². The topological polar surface area (TPSA) is 9.23 Å². The molecule has 0 bridgehead atoms. The molecule has 1 nitrogen and oxygen atoms in total. The number of benzene rings is 1. The van der Waals surface area contributed by atoms with Crippen LogP contribution >= 0.6 is 0 Å². The first-order chi connectivity index (χ1) is 5.36. The van der Waals surface area contributed by atoms with Gasteiger partial charge in [-0.25, -0.2) is 0 Å². The van der Waals surface area contributed by atoms with E-state index in [1.165, 1.54) is 11.1 Å². The smallest absolute Gasteiger partial charge is 0.0713 e. The Kier molecular flexibility index (Phi) is 3.12. The lowest BCUT2D eigenvalue weighted by molar-refractivity contribution is 0.185. The largest absolute Gasteiger partial charge is 0.380 e. The Morgan fingerprint density at radius 3 is 2.18 bits per heavy atom. The second-order valence-corrected chi connectivity index (χ2v) is 2.50. The highest BCUT2D eigenvalue weighted by Gasteiger charge is 1.90. The third-order valence-corrected chi connectivity index (χ3v) is 1.62. The van der Waals surface area contributed by atoms with Crippen LogP contribution < -0.4 is 0 Å². The van der Waals surface area contributed by atoms with Gasteiger partial charge in [0, 0.05) is 7.11 Å². The van der Waals surface area contributed by atoms with E-state index in [2.05, 4.69) is 31.2 Å². The molecule has 0 fully saturated rings. The van der Waals surface area contributed by atoms with Crippen LogP contribution in [0.1, 0.15) is 11.1 Å². The zero-order valence-electron chi connectivity index (χ0n) is 6.84. The van der Waals surface area contributed by atoms with E-state index in [0.29, 0.717) is 6.61 Å². The van der Waals surface area contributed by atoms with Gasteiger partial charge < -0.3 is 4.74 Å². The lowest BCUT2D eigenvalue weighted by Crippen LogP contribution is -1.87. The molecule has 11 heavy (non-hydrogen) atoms. The van der Waals surface area contributed by atoms with Gasteiger partial charge in [-0.2, -0.15) is 0 Å². The number of rotatable bonds is 3. The van der Waals surface area contributed by atoms with Gasteiger partial charge in [-0.05, 0) is 24.5 Å². The van der Waals surface area contributed by atoms with Crippen molar-refractivity contribution in [1.82, 2.24) is 0 Å². The summed E-state index contributed by atoms with van der Waals surface area (Å²) in [5, 5.41) is 0. The summed E-state index contributed by atoms with van der Waals surface area (Å²) in [7, 11) is 1.70. The quantitative estimate of drug-likeness (QED) is 0.640. The summed E-state index contributed by atoms with van der Waals surface area (Å²) >= 11 is 0. The molecule has 1 rings (SSSR count). The lowest BCUT2D eigenvalue weighted by atomic mass is 10.1. The molecule has 0 amide bonds. The van der Waals surface area contributed by atoms with Crippen LogP contribution in [0.2, 0.25) is 0 Å².